The van der Waals surface area contributed by atoms with Crippen LogP contribution in [-0.4, -0.2) is 16.4 Å². The van der Waals surface area contributed by atoms with Crippen LogP contribution in [0.3, 0.4) is 0 Å². The molecule has 0 spiro atoms. The lowest BCUT2D eigenvalue weighted by Crippen LogP contribution is -2.27. The van der Waals surface area contributed by atoms with Crippen molar-refractivity contribution in [2.75, 3.05) is 0 Å². The lowest BCUT2D eigenvalue weighted by molar-refractivity contribution is -0.138. The zero-order valence-electron chi connectivity index (χ0n) is 18.2. The number of ketones is 1. The van der Waals surface area contributed by atoms with Gasteiger partial charge in [0.1, 0.15) is 6.10 Å². The van der Waals surface area contributed by atoms with Crippen molar-refractivity contribution >= 4 is 27.5 Å². The first-order valence-electron chi connectivity index (χ1n) is 10.3. The van der Waals surface area contributed by atoms with E-state index in [1.165, 1.54) is 0 Å². The van der Waals surface area contributed by atoms with Crippen molar-refractivity contribution in [3.63, 3.8) is 0 Å². The quantitative estimate of drug-likeness (QED) is 0.380. The second-order valence-corrected chi connectivity index (χ2v) is 8.84. The lowest BCUT2D eigenvalue weighted by atomic mass is 9.86. The Morgan fingerprint density at radius 1 is 0.967 bits per heavy atom. The molecule has 3 aromatic carbocycles. The summed E-state index contributed by atoms with van der Waals surface area (Å²) in [4.78, 5) is 17.5. The Morgan fingerprint density at radius 2 is 1.63 bits per heavy atom. The maximum absolute atomic E-state index is 12.8. The summed E-state index contributed by atoms with van der Waals surface area (Å²) in [6, 6.07) is 20.7. The van der Waals surface area contributed by atoms with Crippen molar-refractivity contribution in [1.29, 1.82) is 0 Å². The maximum atomic E-state index is 12.8. The lowest BCUT2D eigenvalue weighted by Gasteiger charge is -2.29. The van der Waals surface area contributed by atoms with Gasteiger partial charge in [-0.05, 0) is 74.2 Å². The smallest absolute Gasteiger partial charge is 0.163 e. The SMILES string of the molecule is CC(=O)[C@@H](OC(C)(C)C)c1c(C)cc2ccccc2c1-c1cnc2ccccc2c1. The number of ether oxygens (including phenoxy) is 1. The number of hydrogen-bond acceptors (Lipinski definition) is 3. The van der Waals surface area contributed by atoms with Gasteiger partial charge in [-0.3, -0.25) is 9.78 Å². The Labute approximate surface area is 177 Å². The molecule has 4 aromatic rings. The molecule has 1 atom stereocenters. The number of rotatable bonds is 4. The van der Waals surface area contributed by atoms with Crippen LogP contribution >= 0.6 is 0 Å². The normalized spacial score (nSPS) is 13.0. The number of fused-ring (bicyclic) bond motifs is 2. The molecular formula is C27H27NO2. The van der Waals surface area contributed by atoms with Gasteiger partial charge in [-0.15, -0.1) is 0 Å². The van der Waals surface area contributed by atoms with Crippen LogP contribution < -0.4 is 0 Å². The average molecular weight is 398 g/mol. The Morgan fingerprint density at radius 3 is 2.33 bits per heavy atom. The number of para-hydroxylation sites is 1. The first-order chi connectivity index (χ1) is 14.2. The number of aryl methyl sites for hydroxylation is 1. The number of Topliss-reactive ketones (excluding diaryl/α,β-unsaturated/α-hetero) is 1. The Hall–Kier alpha value is -3.04. The van der Waals surface area contributed by atoms with Gasteiger partial charge in [-0.25, -0.2) is 0 Å². The second kappa shape index (κ2) is 7.66. The van der Waals surface area contributed by atoms with Gasteiger partial charge in [0, 0.05) is 17.1 Å². The molecular weight excluding hydrogens is 370 g/mol. The van der Waals surface area contributed by atoms with E-state index in [2.05, 4.69) is 42.2 Å². The number of carbonyl (C=O) groups excluding carboxylic acids is 1. The summed E-state index contributed by atoms with van der Waals surface area (Å²) >= 11 is 0. The molecule has 0 unspecified atom stereocenters. The molecule has 3 nitrogen and oxygen atoms in total. The molecule has 0 saturated carbocycles. The fourth-order valence-corrected chi connectivity index (χ4v) is 4.06. The standard InChI is InChI=1S/C27H27NO2/c1-17-14-19-10-6-8-12-22(19)25(24(17)26(18(2)29)30-27(3,4)5)21-15-20-11-7-9-13-23(20)28-16-21/h6-16,26H,1-5H3/t26-/m1/s1. The third-order valence-electron chi connectivity index (χ3n) is 5.28. The maximum Gasteiger partial charge on any atom is 0.163 e. The van der Waals surface area contributed by atoms with E-state index in [0.29, 0.717) is 0 Å². The molecule has 0 amide bonds. The summed E-state index contributed by atoms with van der Waals surface area (Å²) in [5, 5.41) is 3.31. The number of nitrogens with zero attached hydrogens (tertiary/aromatic N) is 1. The Kier molecular flexibility index (Phi) is 5.17. The van der Waals surface area contributed by atoms with Crippen molar-refractivity contribution in [3.05, 3.63) is 78.0 Å². The summed E-state index contributed by atoms with van der Waals surface area (Å²) < 4.78 is 6.29. The van der Waals surface area contributed by atoms with Gasteiger partial charge < -0.3 is 4.74 Å². The summed E-state index contributed by atoms with van der Waals surface area (Å²) in [6.07, 6.45) is 1.26. The van der Waals surface area contributed by atoms with Crippen LogP contribution in [0.5, 0.6) is 0 Å². The highest BCUT2D eigenvalue weighted by molar-refractivity contribution is 6.02. The van der Waals surface area contributed by atoms with Gasteiger partial charge >= 0.3 is 0 Å². The summed E-state index contributed by atoms with van der Waals surface area (Å²) in [5.41, 5.74) is 4.48. The van der Waals surface area contributed by atoms with Crippen molar-refractivity contribution < 1.29 is 9.53 Å². The predicted octanol–water partition coefficient (Wildman–Crippen LogP) is 6.81. The van der Waals surface area contributed by atoms with Gasteiger partial charge in [-0.2, -0.15) is 0 Å². The number of pyridine rings is 1. The first-order valence-corrected chi connectivity index (χ1v) is 10.3. The van der Waals surface area contributed by atoms with Crippen LogP contribution in [0.4, 0.5) is 0 Å². The molecule has 152 valence electrons. The molecule has 3 heteroatoms. The van der Waals surface area contributed by atoms with E-state index in [0.717, 1.165) is 43.9 Å². The van der Waals surface area contributed by atoms with Crippen LogP contribution in [0.1, 0.15) is 44.9 Å². The molecule has 0 radical (unpaired) electrons. The van der Waals surface area contributed by atoms with Crippen LogP contribution in [0, 0.1) is 6.92 Å². The van der Waals surface area contributed by atoms with Crippen LogP contribution in [0.2, 0.25) is 0 Å². The van der Waals surface area contributed by atoms with Crippen LogP contribution in [0.15, 0.2) is 66.9 Å². The minimum Gasteiger partial charge on any atom is -0.360 e. The molecule has 1 aromatic heterocycles. The van der Waals surface area contributed by atoms with E-state index in [4.69, 9.17) is 4.74 Å². The van der Waals surface area contributed by atoms with Crippen molar-refractivity contribution in [1.82, 2.24) is 4.98 Å². The fraction of sp³-hybridized carbons (Fsp3) is 0.259. The van der Waals surface area contributed by atoms with Gasteiger partial charge in [0.25, 0.3) is 0 Å². The molecule has 0 fully saturated rings. The minimum absolute atomic E-state index is 0.00157. The highest BCUT2D eigenvalue weighted by Gasteiger charge is 2.29. The summed E-state index contributed by atoms with van der Waals surface area (Å²) in [6.45, 7) is 9.61. The topological polar surface area (TPSA) is 39.2 Å². The van der Waals surface area contributed by atoms with E-state index in [1.807, 2.05) is 57.3 Å². The molecule has 0 saturated heterocycles. The Balaban J connectivity index is 2.07. The largest absolute Gasteiger partial charge is 0.360 e. The summed E-state index contributed by atoms with van der Waals surface area (Å²) in [7, 11) is 0. The van der Waals surface area contributed by atoms with E-state index < -0.39 is 11.7 Å². The van der Waals surface area contributed by atoms with E-state index >= 15 is 0 Å². The average Bonchev–Trinajstić information content (AvgIpc) is 2.70. The molecule has 0 N–H and O–H groups in total. The monoisotopic (exact) mass is 397 g/mol. The van der Waals surface area contributed by atoms with Crippen molar-refractivity contribution in [2.24, 2.45) is 0 Å². The van der Waals surface area contributed by atoms with E-state index in [1.54, 1.807) is 6.92 Å². The third kappa shape index (κ3) is 3.86. The number of carbonyl (C=O) groups is 1. The first kappa shape index (κ1) is 20.2. The molecule has 0 aliphatic heterocycles. The highest BCUT2D eigenvalue weighted by atomic mass is 16.5. The minimum atomic E-state index is -0.643. The van der Waals surface area contributed by atoms with Gasteiger partial charge in [0.2, 0.25) is 0 Å². The highest BCUT2D eigenvalue weighted by Crippen LogP contribution is 2.41. The molecule has 0 aliphatic rings. The van der Waals surface area contributed by atoms with Gasteiger partial charge in [0.05, 0.1) is 11.1 Å². The second-order valence-electron chi connectivity index (χ2n) is 8.84. The molecule has 1 heterocycles. The number of benzene rings is 3. The fourth-order valence-electron chi connectivity index (χ4n) is 4.06. The third-order valence-corrected chi connectivity index (χ3v) is 5.28. The van der Waals surface area contributed by atoms with E-state index in [9.17, 15) is 4.79 Å². The summed E-state index contributed by atoms with van der Waals surface area (Å²) in [5.74, 6) is -0.00157. The van der Waals surface area contributed by atoms with Crippen LogP contribution in [0.25, 0.3) is 32.8 Å². The number of hydrogen-bond donors (Lipinski definition) is 0. The number of aromatic nitrogens is 1. The van der Waals surface area contributed by atoms with E-state index in [-0.39, 0.29) is 5.78 Å². The molecule has 4 rings (SSSR count). The van der Waals surface area contributed by atoms with Gasteiger partial charge in [0.15, 0.2) is 5.78 Å². The van der Waals surface area contributed by atoms with Gasteiger partial charge in [-0.1, -0.05) is 48.5 Å². The molecule has 30 heavy (non-hydrogen) atoms. The van der Waals surface area contributed by atoms with Crippen LogP contribution in [-0.2, 0) is 9.53 Å². The van der Waals surface area contributed by atoms with Crippen molar-refractivity contribution in [2.45, 2.75) is 46.3 Å². The molecule has 0 aliphatic carbocycles. The predicted molar refractivity (Wildman–Crippen MR) is 124 cm³/mol. The Bertz CT molecular complexity index is 1250. The van der Waals surface area contributed by atoms with Crippen molar-refractivity contribution in [3.8, 4) is 11.1 Å². The zero-order chi connectivity index (χ0) is 21.5. The molecule has 0 bridgehead atoms. The zero-order valence-corrected chi connectivity index (χ0v) is 18.2.